The Morgan fingerprint density at radius 2 is 0.792 bits per heavy atom. The van der Waals surface area contributed by atoms with Crippen LogP contribution in [0.3, 0.4) is 0 Å². The fourth-order valence-corrected chi connectivity index (χ4v) is 1.97. The molecule has 0 aliphatic carbocycles. The minimum Gasteiger partial charge on any atom is -0.481 e. The average molecular weight is 346 g/mol. The van der Waals surface area contributed by atoms with E-state index in [0.717, 1.165) is 12.8 Å². The first-order valence-electron chi connectivity index (χ1n) is 8.25. The zero-order valence-electron chi connectivity index (χ0n) is 13.8. The topological polar surface area (TPSA) is 127 Å². The highest BCUT2D eigenvalue weighted by atomic mass is 17.2. The lowest BCUT2D eigenvalue weighted by Crippen LogP contribution is -2.11. The van der Waals surface area contributed by atoms with Crippen LogP contribution in [-0.2, 0) is 29.0 Å². The first-order valence-corrected chi connectivity index (χ1v) is 8.25. The standard InChI is InChI=1S/C16H26O8/c17-13(18)9-5-1-3-7-11-15(21)23-24-16(22)12-8-4-2-6-10-14(19)20/h1-12H2,(H,17,18)(H,19,20). The highest BCUT2D eigenvalue weighted by Crippen LogP contribution is 2.08. The summed E-state index contributed by atoms with van der Waals surface area (Å²) in [6.07, 6.45) is 5.63. The zero-order valence-corrected chi connectivity index (χ0v) is 13.8. The van der Waals surface area contributed by atoms with Crippen LogP contribution in [-0.4, -0.2) is 34.1 Å². The Kier molecular flexibility index (Phi) is 13.2. The summed E-state index contributed by atoms with van der Waals surface area (Å²) in [4.78, 5) is 52.0. The van der Waals surface area contributed by atoms with E-state index in [2.05, 4.69) is 9.78 Å². The van der Waals surface area contributed by atoms with Crippen molar-refractivity contribution in [3.63, 3.8) is 0 Å². The van der Waals surface area contributed by atoms with E-state index in [-0.39, 0.29) is 25.7 Å². The van der Waals surface area contributed by atoms with E-state index in [4.69, 9.17) is 10.2 Å². The van der Waals surface area contributed by atoms with E-state index in [1.807, 2.05) is 0 Å². The van der Waals surface area contributed by atoms with Crippen LogP contribution in [0.4, 0.5) is 0 Å². The fraction of sp³-hybridized carbons (Fsp3) is 0.750. The molecule has 0 bridgehead atoms. The third-order valence-electron chi connectivity index (χ3n) is 3.27. The van der Waals surface area contributed by atoms with E-state index in [9.17, 15) is 19.2 Å². The lowest BCUT2D eigenvalue weighted by atomic mass is 10.1. The molecule has 0 rings (SSSR count). The van der Waals surface area contributed by atoms with Crippen LogP contribution in [0.15, 0.2) is 0 Å². The molecule has 24 heavy (non-hydrogen) atoms. The molecule has 8 heteroatoms. The molecule has 0 heterocycles. The molecular formula is C16H26O8. The number of rotatable bonds is 14. The van der Waals surface area contributed by atoms with Gasteiger partial charge in [-0.05, 0) is 25.7 Å². The quantitative estimate of drug-likeness (QED) is 0.279. The van der Waals surface area contributed by atoms with Gasteiger partial charge in [-0.15, -0.1) is 0 Å². The maximum atomic E-state index is 11.3. The van der Waals surface area contributed by atoms with Gasteiger partial charge in [-0.25, -0.2) is 19.4 Å². The predicted molar refractivity (Wildman–Crippen MR) is 82.9 cm³/mol. The predicted octanol–water partition coefficient (Wildman–Crippen LogP) is 2.84. The molecule has 138 valence electrons. The van der Waals surface area contributed by atoms with Crippen molar-refractivity contribution in [3.05, 3.63) is 0 Å². The van der Waals surface area contributed by atoms with E-state index in [0.29, 0.717) is 38.5 Å². The molecule has 8 nitrogen and oxygen atoms in total. The lowest BCUT2D eigenvalue weighted by Gasteiger charge is -2.03. The summed E-state index contributed by atoms with van der Waals surface area (Å²) in [5.74, 6) is -2.91. The Balaban J connectivity index is 3.43. The molecule has 0 aromatic heterocycles. The van der Waals surface area contributed by atoms with Gasteiger partial charge in [-0.3, -0.25) is 9.59 Å². The summed E-state index contributed by atoms with van der Waals surface area (Å²) in [7, 11) is 0. The molecule has 0 aromatic rings. The Morgan fingerprint density at radius 1 is 0.500 bits per heavy atom. The zero-order chi connectivity index (χ0) is 18.2. The van der Waals surface area contributed by atoms with Gasteiger partial charge < -0.3 is 10.2 Å². The lowest BCUT2D eigenvalue weighted by molar-refractivity contribution is -0.259. The van der Waals surface area contributed by atoms with Gasteiger partial charge in [0.25, 0.3) is 0 Å². The van der Waals surface area contributed by atoms with Crippen LogP contribution in [0.5, 0.6) is 0 Å². The number of unbranched alkanes of at least 4 members (excludes halogenated alkanes) is 6. The Labute approximate surface area is 141 Å². The molecule has 0 aromatic carbocycles. The summed E-state index contributed by atoms with van der Waals surface area (Å²) in [5, 5.41) is 16.9. The monoisotopic (exact) mass is 346 g/mol. The van der Waals surface area contributed by atoms with Crippen LogP contribution in [0, 0.1) is 0 Å². The van der Waals surface area contributed by atoms with Gasteiger partial charge in [0, 0.05) is 12.8 Å². The van der Waals surface area contributed by atoms with Crippen LogP contribution >= 0.6 is 0 Å². The number of carboxylic acid groups (broad SMARTS) is 2. The maximum absolute atomic E-state index is 11.3. The van der Waals surface area contributed by atoms with Crippen molar-refractivity contribution >= 4 is 23.9 Å². The summed E-state index contributed by atoms with van der Waals surface area (Å²) in [6, 6.07) is 0. The second kappa shape index (κ2) is 14.5. The number of hydrogen-bond acceptors (Lipinski definition) is 6. The van der Waals surface area contributed by atoms with E-state index in [1.165, 1.54) is 0 Å². The van der Waals surface area contributed by atoms with Crippen molar-refractivity contribution in [1.82, 2.24) is 0 Å². The van der Waals surface area contributed by atoms with Crippen LogP contribution < -0.4 is 0 Å². The SMILES string of the molecule is O=C(O)CCCCCCC(=O)OOC(=O)CCCCCCC(=O)O. The normalized spacial score (nSPS) is 10.2. The van der Waals surface area contributed by atoms with Gasteiger partial charge in [-0.2, -0.15) is 0 Å². The molecule has 0 amide bonds. The Bertz CT molecular complexity index is 367. The first kappa shape index (κ1) is 21.9. The summed E-state index contributed by atoms with van der Waals surface area (Å²) < 4.78 is 0. The molecule has 0 aliphatic rings. The van der Waals surface area contributed by atoms with E-state index >= 15 is 0 Å². The molecule has 2 N–H and O–H groups in total. The first-order chi connectivity index (χ1) is 11.4. The van der Waals surface area contributed by atoms with Gasteiger partial charge in [0.2, 0.25) is 0 Å². The van der Waals surface area contributed by atoms with Gasteiger partial charge >= 0.3 is 23.9 Å². The molecule has 0 aliphatic heterocycles. The maximum Gasteiger partial charge on any atom is 0.355 e. The average Bonchev–Trinajstić information content (AvgIpc) is 2.51. The van der Waals surface area contributed by atoms with Crippen molar-refractivity contribution in [2.24, 2.45) is 0 Å². The van der Waals surface area contributed by atoms with Crippen LogP contribution in [0.25, 0.3) is 0 Å². The van der Waals surface area contributed by atoms with Gasteiger partial charge in [0.05, 0.1) is 12.8 Å². The molecule has 0 unspecified atom stereocenters. The van der Waals surface area contributed by atoms with Gasteiger partial charge in [0.1, 0.15) is 0 Å². The third-order valence-corrected chi connectivity index (χ3v) is 3.27. The molecule has 0 atom stereocenters. The number of carboxylic acids is 2. The minimum atomic E-state index is -0.830. The molecule has 0 fully saturated rings. The smallest absolute Gasteiger partial charge is 0.355 e. The highest BCUT2D eigenvalue weighted by Gasteiger charge is 2.09. The molecule has 0 radical (unpaired) electrons. The van der Waals surface area contributed by atoms with E-state index < -0.39 is 23.9 Å². The minimum absolute atomic E-state index is 0.121. The fourth-order valence-electron chi connectivity index (χ4n) is 1.97. The molecular weight excluding hydrogens is 320 g/mol. The van der Waals surface area contributed by atoms with E-state index in [1.54, 1.807) is 0 Å². The van der Waals surface area contributed by atoms with Crippen LogP contribution in [0.2, 0.25) is 0 Å². The summed E-state index contributed by atoms with van der Waals surface area (Å²) in [5.41, 5.74) is 0. The Hall–Kier alpha value is -2.12. The van der Waals surface area contributed by atoms with Crippen molar-refractivity contribution in [1.29, 1.82) is 0 Å². The van der Waals surface area contributed by atoms with Gasteiger partial charge in [0.15, 0.2) is 0 Å². The van der Waals surface area contributed by atoms with Crippen molar-refractivity contribution in [3.8, 4) is 0 Å². The van der Waals surface area contributed by atoms with Gasteiger partial charge in [-0.1, -0.05) is 25.7 Å². The van der Waals surface area contributed by atoms with Crippen molar-refractivity contribution < 1.29 is 39.2 Å². The Morgan fingerprint density at radius 3 is 1.08 bits per heavy atom. The van der Waals surface area contributed by atoms with Crippen molar-refractivity contribution in [2.75, 3.05) is 0 Å². The summed E-state index contributed by atoms with van der Waals surface area (Å²) >= 11 is 0. The molecule has 0 saturated heterocycles. The third kappa shape index (κ3) is 16.3. The largest absolute Gasteiger partial charge is 0.481 e. The second-order valence-electron chi connectivity index (χ2n) is 5.53. The van der Waals surface area contributed by atoms with Crippen molar-refractivity contribution in [2.45, 2.75) is 77.0 Å². The number of hydrogen-bond donors (Lipinski definition) is 2. The molecule has 0 spiro atoms. The number of aliphatic carboxylic acids is 2. The number of carbonyl (C=O) groups is 4. The second-order valence-corrected chi connectivity index (χ2v) is 5.53. The summed E-state index contributed by atoms with van der Waals surface area (Å²) in [6.45, 7) is 0. The highest BCUT2D eigenvalue weighted by molar-refractivity contribution is 5.72. The molecule has 0 saturated carbocycles. The van der Waals surface area contributed by atoms with Crippen LogP contribution in [0.1, 0.15) is 77.0 Å². The number of carbonyl (C=O) groups excluding carboxylic acids is 2.